The van der Waals surface area contributed by atoms with Gasteiger partial charge in [-0.15, -0.1) is 0 Å². The minimum atomic E-state index is 0.738. The molecule has 1 atom stereocenters. The van der Waals surface area contributed by atoms with Crippen LogP contribution in [0.2, 0.25) is 0 Å². The summed E-state index contributed by atoms with van der Waals surface area (Å²) in [7, 11) is 2.28. The minimum Gasteiger partial charge on any atom is -0.312 e. The van der Waals surface area contributed by atoms with Crippen LogP contribution in [-0.4, -0.2) is 37.1 Å². The average Bonchev–Trinajstić information content (AvgIpc) is 3.03. The lowest BCUT2D eigenvalue weighted by Crippen LogP contribution is -2.40. The van der Waals surface area contributed by atoms with Gasteiger partial charge in [0.15, 0.2) is 0 Å². The van der Waals surface area contributed by atoms with Crippen LogP contribution >= 0.6 is 0 Å². The summed E-state index contributed by atoms with van der Waals surface area (Å²) in [5.74, 6) is 0. The van der Waals surface area contributed by atoms with Crippen LogP contribution in [0.1, 0.15) is 52.4 Å². The van der Waals surface area contributed by atoms with E-state index in [0.717, 1.165) is 12.1 Å². The molecule has 2 nitrogen and oxygen atoms in total. The molecule has 1 unspecified atom stereocenters. The zero-order chi connectivity index (χ0) is 11.1. The molecule has 1 saturated carbocycles. The first-order valence-corrected chi connectivity index (χ1v) is 6.71. The van der Waals surface area contributed by atoms with Gasteiger partial charge in [0, 0.05) is 18.6 Å². The van der Waals surface area contributed by atoms with E-state index in [1.54, 1.807) is 0 Å². The maximum absolute atomic E-state index is 3.64. The summed E-state index contributed by atoms with van der Waals surface area (Å²) in [6.07, 6.45) is 8.11. The highest BCUT2D eigenvalue weighted by Gasteiger charge is 2.22. The Labute approximate surface area is 95.4 Å². The molecule has 90 valence electrons. The first kappa shape index (κ1) is 13.0. The largest absolute Gasteiger partial charge is 0.312 e. The third-order valence-electron chi connectivity index (χ3n) is 3.43. The van der Waals surface area contributed by atoms with Gasteiger partial charge in [-0.1, -0.05) is 26.7 Å². The molecule has 1 rings (SSSR count). The molecule has 1 aliphatic rings. The molecule has 0 aromatic rings. The second-order valence-electron chi connectivity index (χ2n) is 4.93. The Balaban J connectivity index is 2.10. The Kier molecular flexibility index (Phi) is 6.26. The normalized spacial score (nSPS) is 18.4. The standard InChI is InChI=1S/C13H28N2/c1-4-6-7-10-15(3)13(5-2)11-14-12-8-9-12/h12-14H,4-11H2,1-3H3. The van der Waals surface area contributed by atoms with Gasteiger partial charge < -0.3 is 10.2 Å². The quantitative estimate of drug-likeness (QED) is 0.591. The number of rotatable bonds is 9. The SMILES string of the molecule is CCCCCN(C)C(CC)CNC1CC1. The second-order valence-corrected chi connectivity index (χ2v) is 4.93. The summed E-state index contributed by atoms with van der Waals surface area (Å²) in [5.41, 5.74) is 0. The van der Waals surface area contributed by atoms with Gasteiger partial charge in [0.25, 0.3) is 0 Å². The third-order valence-corrected chi connectivity index (χ3v) is 3.43. The summed E-state index contributed by atoms with van der Waals surface area (Å²) in [4.78, 5) is 2.53. The number of unbranched alkanes of at least 4 members (excludes halogenated alkanes) is 2. The van der Waals surface area contributed by atoms with Crippen LogP contribution in [0.15, 0.2) is 0 Å². The van der Waals surface area contributed by atoms with E-state index in [9.17, 15) is 0 Å². The van der Waals surface area contributed by atoms with Crippen LogP contribution in [0.4, 0.5) is 0 Å². The van der Waals surface area contributed by atoms with Crippen molar-refractivity contribution >= 4 is 0 Å². The topological polar surface area (TPSA) is 15.3 Å². The molecule has 0 heterocycles. The van der Waals surface area contributed by atoms with Crippen molar-refractivity contribution in [2.24, 2.45) is 0 Å². The van der Waals surface area contributed by atoms with Gasteiger partial charge in [-0.3, -0.25) is 0 Å². The summed E-state index contributed by atoms with van der Waals surface area (Å²) in [6, 6.07) is 1.59. The van der Waals surface area contributed by atoms with Crippen LogP contribution in [0.5, 0.6) is 0 Å². The highest BCUT2D eigenvalue weighted by molar-refractivity contribution is 4.83. The number of likely N-dealkylation sites (N-methyl/N-ethyl adjacent to an activating group) is 1. The van der Waals surface area contributed by atoms with Crippen molar-refractivity contribution in [2.45, 2.75) is 64.5 Å². The highest BCUT2D eigenvalue weighted by atomic mass is 15.1. The molecular weight excluding hydrogens is 184 g/mol. The van der Waals surface area contributed by atoms with E-state index in [1.807, 2.05) is 0 Å². The van der Waals surface area contributed by atoms with E-state index in [0.29, 0.717) is 0 Å². The lowest BCUT2D eigenvalue weighted by Gasteiger charge is -2.27. The molecule has 15 heavy (non-hydrogen) atoms. The molecule has 0 aromatic heterocycles. The molecule has 0 bridgehead atoms. The summed E-state index contributed by atoms with van der Waals surface area (Å²) < 4.78 is 0. The number of nitrogens with zero attached hydrogens (tertiary/aromatic N) is 1. The maximum atomic E-state index is 3.64. The molecular formula is C13H28N2. The van der Waals surface area contributed by atoms with Gasteiger partial charge in [-0.25, -0.2) is 0 Å². The lowest BCUT2D eigenvalue weighted by atomic mass is 10.1. The Bertz CT molecular complexity index is 155. The van der Waals surface area contributed by atoms with Gasteiger partial charge in [0.2, 0.25) is 0 Å². The van der Waals surface area contributed by atoms with Crippen LogP contribution < -0.4 is 5.32 Å². The van der Waals surface area contributed by atoms with Gasteiger partial charge in [0.05, 0.1) is 0 Å². The molecule has 0 radical (unpaired) electrons. The first-order chi connectivity index (χ1) is 7.27. The molecule has 0 saturated heterocycles. The van der Waals surface area contributed by atoms with Crippen molar-refractivity contribution in [3.05, 3.63) is 0 Å². The predicted molar refractivity (Wildman–Crippen MR) is 67.3 cm³/mol. The van der Waals surface area contributed by atoms with Crippen molar-refractivity contribution in [1.29, 1.82) is 0 Å². The second kappa shape index (κ2) is 7.24. The van der Waals surface area contributed by atoms with E-state index < -0.39 is 0 Å². The van der Waals surface area contributed by atoms with Gasteiger partial charge in [-0.05, 0) is 39.3 Å². The Morgan fingerprint density at radius 3 is 2.53 bits per heavy atom. The molecule has 1 aliphatic carbocycles. The van der Waals surface area contributed by atoms with Crippen LogP contribution in [-0.2, 0) is 0 Å². The van der Waals surface area contributed by atoms with Crippen LogP contribution in [0.3, 0.4) is 0 Å². The third kappa shape index (κ3) is 5.53. The fraction of sp³-hybridized carbons (Fsp3) is 1.00. The van der Waals surface area contributed by atoms with E-state index in [2.05, 4.69) is 31.1 Å². The zero-order valence-corrected chi connectivity index (χ0v) is 10.8. The van der Waals surface area contributed by atoms with Crippen molar-refractivity contribution in [1.82, 2.24) is 10.2 Å². The fourth-order valence-electron chi connectivity index (χ4n) is 2.00. The van der Waals surface area contributed by atoms with Crippen molar-refractivity contribution in [3.8, 4) is 0 Å². The minimum absolute atomic E-state index is 0.738. The molecule has 0 spiro atoms. The number of nitrogens with one attached hydrogen (secondary N) is 1. The average molecular weight is 212 g/mol. The first-order valence-electron chi connectivity index (χ1n) is 6.71. The molecule has 0 aromatic carbocycles. The molecule has 0 amide bonds. The van der Waals surface area contributed by atoms with E-state index in [1.165, 1.54) is 51.6 Å². The fourth-order valence-corrected chi connectivity index (χ4v) is 2.00. The molecule has 0 aliphatic heterocycles. The molecule has 1 N–H and O–H groups in total. The smallest absolute Gasteiger partial charge is 0.0215 e. The van der Waals surface area contributed by atoms with Crippen LogP contribution in [0.25, 0.3) is 0 Å². The number of hydrogen-bond donors (Lipinski definition) is 1. The Morgan fingerprint density at radius 1 is 1.27 bits per heavy atom. The lowest BCUT2D eigenvalue weighted by molar-refractivity contribution is 0.224. The summed E-state index contributed by atoms with van der Waals surface area (Å²) >= 11 is 0. The predicted octanol–water partition coefficient (Wildman–Crippen LogP) is 2.64. The summed E-state index contributed by atoms with van der Waals surface area (Å²) in [5, 5.41) is 3.64. The van der Waals surface area contributed by atoms with Gasteiger partial charge in [-0.2, -0.15) is 0 Å². The Hall–Kier alpha value is -0.0800. The highest BCUT2D eigenvalue weighted by Crippen LogP contribution is 2.18. The molecule has 2 heteroatoms. The van der Waals surface area contributed by atoms with Crippen molar-refractivity contribution < 1.29 is 0 Å². The van der Waals surface area contributed by atoms with E-state index in [4.69, 9.17) is 0 Å². The summed E-state index contributed by atoms with van der Waals surface area (Å²) in [6.45, 7) is 7.02. The maximum Gasteiger partial charge on any atom is 0.0215 e. The van der Waals surface area contributed by atoms with Crippen molar-refractivity contribution in [3.63, 3.8) is 0 Å². The number of hydrogen-bond acceptors (Lipinski definition) is 2. The Morgan fingerprint density at radius 2 is 2.00 bits per heavy atom. The van der Waals surface area contributed by atoms with E-state index >= 15 is 0 Å². The monoisotopic (exact) mass is 212 g/mol. The zero-order valence-electron chi connectivity index (χ0n) is 10.8. The van der Waals surface area contributed by atoms with Crippen molar-refractivity contribution in [2.75, 3.05) is 20.1 Å². The van der Waals surface area contributed by atoms with Gasteiger partial charge in [0.1, 0.15) is 0 Å². The van der Waals surface area contributed by atoms with Gasteiger partial charge >= 0.3 is 0 Å². The van der Waals surface area contributed by atoms with Crippen LogP contribution in [0, 0.1) is 0 Å². The molecule has 1 fully saturated rings. The van der Waals surface area contributed by atoms with E-state index in [-0.39, 0.29) is 0 Å².